The van der Waals surface area contributed by atoms with E-state index in [1.807, 2.05) is 13.8 Å². The lowest BCUT2D eigenvalue weighted by Crippen LogP contribution is -2.39. The highest BCUT2D eigenvalue weighted by atomic mass is 16.5. The third-order valence-electron chi connectivity index (χ3n) is 3.44. The summed E-state index contributed by atoms with van der Waals surface area (Å²) < 4.78 is 5.00. The molecule has 0 spiro atoms. The fraction of sp³-hybridized carbons (Fsp3) is 0.526. The third kappa shape index (κ3) is 9.05. The minimum absolute atomic E-state index is 0.0646. The number of benzene rings is 1. The van der Waals surface area contributed by atoms with Crippen molar-refractivity contribution in [2.24, 2.45) is 5.92 Å². The van der Waals surface area contributed by atoms with Gasteiger partial charge in [-0.3, -0.25) is 4.79 Å². The summed E-state index contributed by atoms with van der Waals surface area (Å²) in [5.74, 6) is -0.362. The van der Waals surface area contributed by atoms with Gasteiger partial charge in [-0.05, 0) is 43.9 Å². The molecule has 3 amide bonds. The monoisotopic (exact) mass is 363 g/mol. The van der Waals surface area contributed by atoms with Crippen LogP contribution in [-0.4, -0.2) is 37.1 Å². The fourth-order valence-corrected chi connectivity index (χ4v) is 2.02. The molecule has 0 unspecified atom stereocenters. The second kappa shape index (κ2) is 11.1. The van der Waals surface area contributed by atoms with Gasteiger partial charge in [-0.25, -0.2) is 9.59 Å². The van der Waals surface area contributed by atoms with Crippen LogP contribution in [0.25, 0.3) is 0 Å². The lowest BCUT2D eigenvalue weighted by Gasteiger charge is -2.10. The number of carbonyl (C=O) groups excluding carboxylic acids is 3. The quantitative estimate of drug-likeness (QED) is 0.586. The van der Waals surface area contributed by atoms with Crippen LogP contribution in [0.3, 0.4) is 0 Å². The van der Waals surface area contributed by atoms with E-state index in [2.05, 4.69) is 29.8 Å². The third-order valence-corrected chi connectivity index (χ3v) is 3.44. The Morgan fingerprint density at radius 1 is 1.00 bits per heavy atom. The van der Waals surface area contributed by atoms with Crippen LogP contribution in [0, 0.1) is 5.92 Å². The molecule has 0 aromatic heterocycles. The molecule has 26 heavy (non-hydrogen) atoms. The minimum atomic E-state index is -0.555. The predicted octanol–water partition coefficient (Wildman–Crippen LogP) is 2.21. The number of hydrogen-bond donors (Lipinski definition) is 3. The highest BCUT2D eigenvalue weighted by Crippen LogP contribution is 2.06. The van der Waals surface area contributed by atoms with Gasteiger partial charge >= 0.3 is 12.0 Å². The highest BCUT2D eigenvalue weighted by molar-refractivity contribution is 5.91. The Labute approximate surface area is 154 Å². The van der Waals surface area contributed by atoms with Gasteiger partial charge in [-0.15, -0.1) is 0 Å². The van der Waals surface area contributed by atoms with E-state index in [-0.39, 0.29) is 24.6 Å². The van der Waals surface area contributed by atoms with E-state index in [1.54, 1.807) is 24.3 Å². The van der Waals surface area contributed by atoms with E-state index in [0.717, 1.165) is 12.0 Å². The Bertz CT molecular complexity index is 597. The maximum Gasteiger partial charge on any atom is 0.338 e. The second-order valence-corrected chi connectivity index (χ2v) is 6.79. The van der Waals surface area contributed by atoms with E-state index in [9.17, 15) is 14.4 Å². The van der Waals surface area contributed by atoms with Gasteiger partial charge in [0.25, 0.3) is 5.91 Å². The van der Waals surface area contributed by atoms with Crippen molar-refractivity contribution >= 4 is 17.9 Å². The summed E-state index contributed by atoms with van der Waals surface area (Å²) in [6, 6.07) is 6.50. The number of rotatable bonds is 9. The summed E-state index contributed by atoms with van der Waals surface area (Å²) in [5, 5.41) is 8.16. The first-order valence-corrected chi connectivity index (χ1v) is 8.85. The molecule has 0 heterocycles. The molecule has 0 bridgehead atoms. The normalized spacial score (nSPS) is 10.5. The number of amides is 3. The van der Waals surface area contributed by atoms with Gasteiger partial charge in [0.2, 0.25) is 0 Å². The number of hydrogen-bond acceptors (Lipinski definition) is 4. The molecule has 0 saturated carbocycles. The fourth-order valence-electron chi connectivity index (χ4n) is 2.02. The van der Waals surface area contributed by atoms with Crippen LogP contribution in [-0.2, 0) is 16.1 Å². The van der Waals surface area contributed by atoms with Crippen molar-refractivity contribution in [3.8, 4) is 0 Å². The molecule has 3 N–H and O–H groups in total. The first-order chi connectivity index (χ1) is 12.3. The number of carbonyl (C=O) groups is 3. The van der Waals surface area contributed by atoms with Gasteiger partial charge in [0, 0.05) is 19.1 Å². The molecule has 0 fully saturated rings. The van der Waals surface area contributed by atoms with Crippen LogP contribution in [0.2, 0.25) is 0 Å². The van der Waals surface area contributed by atoms with E-state index < -0.39 is 5.97 Å². The maximum absolute atomic E-state index is 11.9. The predicted molar refractivity (Wildman–Crippen MR) is 99.7 cm³/mol. The smallest absolute Gasteiger partial charge is 0.338 e. The molecule has 0 aliphatic rings. The molecule has 0 aliphatic heterocycles. The Hall–Kier alpha value is -2.57. The van der Waals surface area contributed by atoms with Crippen molar-refractivity contribution in [2.45, 2.75) is 46.7 Å². The van der Waals surface area contributed by atoms with Crippen molar-refractivity contribution < 1.29 is 19.1 Å². The van der Waals surface area contributed by atoms with Crippen molar-refractivity contribution in [1.29, 1.82) is 0 Å². The number of nitrogens with one attached hydrogen (secondary N) is 3. The zero-order valence-electron chi connectivity index (χ0n) is 15.9. The van der Waals surface area contributed by atoms with Crippen LogP contribution < -0.4 is 16.0 Å². The summed E-state index contributed by atoms with van der Waals surface area (Å²) >= 11 is 0. The molecule has 0 aliphatic carbocycles. The topological polar surface area (TPSA) is 96.5 Å². The SMILES string of the molecule is CC(C)CCNC(=O)COC(=O)c1ccc(CNC(=O)NC(C)C)cc1. The summed E-state index contributed by atoms with van der Waals surface area (Å²) in [4.78, 5) is 35.1. The number of ether oxygens (including phenoxy) is 1. The van der Waals surface area contributed by atoms with Gasteiger partial charge in [-0.1, -0.05) is 26.0 Å². The molecule has 1 aromatic carbocycles. The molecule has 0 saturated heterocycles. The Kier molecular flexibility index (Phi) is 9.19. The average molecular weight is 363 g/mol. The molecule has 144 valence electrons. The van der Waals surface area contributed by atoms with E-state index >= 15 is 0 Å². The van der Waals surface area contributed by atoms with Gasteiger partial charge in [0.1, 0.15) is 0 Å². The van der Waals surface area contributed by atoms with Crippen molar-refractivity contribution in [3.63, 3.8) is 0 Å². The first kappa shape index (κ1) is 21.5. The van der Waals surface area contributed by atoms with Gasteiger partial charge in [0.05, 0.1) is 5.56 Å². The Balaban J connectivity index is 2.37. The molecule has 1 rings (SSSR count). The minimum Gasteiger partial charge on any atom is -0.452 e. The molecular weight excluding hydrogens is 334 g/mol. The summed E-state index contributed by atoms with van der Waals surface area (Å²) in [7, 11) is 0. The largest absolute Gasteiger partial charge is 0.452 e. The van der Waals surface area contributed by atoms with Crippen LogP contribution >= 0.6 is 0 Å². The van der Waals surface area contributed by atoms with Crippen LogP contribution in [0.1, 0.15) is 50.0 Å². The van der Waals surface area contributed by atoms with Crippen molar-refractivity contribution in [3.05, 3.63) is 35.4 Å². The first-order valence-electron chi connectivity index (χ1n) is 8.85. The Morgan fingerprint density at radius 3 is 2.23 bits per heavy atom. The molecule has 0 radical (unpaired) electrons. The van der Waals surface area contributed by atoms with Gasteiger partial charge in [-0.2, -0.15) is 0 Å². The van der Waals surface area contributed by atoms with Crippen LogP contribution in [0.5, 0.6) is 0 Å². The number of urea groups is 1. The second-order valence-electron chi connectivity index (χ2n) is 6.79. The molecule has 7 heteroatoms. The zero-order valence-corrected chi connectivity index (χ0v) is 15.9. The van der Waals surface area contributed by atoms with E-state index in [1.165, 1.54) is 0 Å². The summed E-state index contributed by atoms with van der Waals surface area (Å²) in [6.45, 7) is 8.53. The summed E-state index contributed by atoms with van der Waals surface area (Å²) in [5.41, 5.74) is 1.21. The van der Waals surface area contributed by atoms with Gasteiger partial charge in [0.15, 0.2) is 6.61 Å². The van der Waals surface area contributed by atoms with Crippen molar-refractivity contribution in [1.82, 2.24) is 16.0 Å². The summed E-state index contributed by atoms with van der Waals surface area (Å²) in [6.07, 6.45) is 0.879. The van der Waals surface area contributed by atoms with E-state index in [0.29, 0.717) is 24.6 Å². The lowest BCUT2D eigenvalue weighted by molar-refractivity contribution is -0.124. The number of esters is 1. The molecular formula is C19H29N3O4. The highest BCUT2D eigenvalue weighted by Gasteiger charge is 2.10. The van der Waals surface area contributed by atoms with E-state index in [4.69, 9.17) is 4.74 Å². The lowest BCUT2D eigenvalue weighted by atomic mass is 10.1. The van der Waals surface area contributed by atoms with Crippen molar-refractivity contribution in [2.75, 3.05) is 13.2 Å². The van der Waals surface area contributed by atoms with Crippen LogP contribution in [0.4, 0.5) is 4.79 Å². The van der Waals surface area contributed by atoms with Gasteiger partial charge < -0.3 is 20.7 Å². The Morgan fingerprint density at radius 2 is 1.65 bits per heavy atom. The molecule has 7 nitrogen and oxygen atoms in total. The average Bonchev–Trinajstić information content (AvgIpc) is 2.57. The maximum atomic E-state index is 11.9. The zero-order chi connectivity index (χ0) is 19.5. The molecule has 0 atom stereocenters. The van der Waals surface area contributed by atoms with Crippen LogP contribution in [0.15, 0.2) is 24.3 Å². The standard InChI is InChI=1S/C19H29N3O4/c1-13(2)9-10-20-17(23)12-26-18(24)16-7-5-15(6-8-16)11-21-19(25)22-14(3)4/h5-8,13-14H,9-12H2,1-4H3,(H,20,23)(H2,21,22,25). The molecule has 1 aromatic rings.